The van der Waals surface area contributed by atoms with Crippen molar-refractivity contribution in [3.05, 3.63) is 108 Å². The van der Waals surface area contributed by atoms with E-state index in [1.54, 1.807) is 13.2 Å². The van der Waals surface area contributed by atoms with E-state index in [4.69, 9.17) is 14.5 Å². The lowest BCUT2D eigenvalue weighted by Gasteiger charge is -2.13. The Morgan fingerprint density at radius 2 is 1.86 bits per heavy atom. The molecular weight excluding hydrogens is 462 g/mol. The molecule has 37 heavy (non-hydrogen) atoms. The highest BCUT2D eigenvalue weighted by atomic mass is 16.5. The SMILES string of the molecule is C=CCc1ccc(OCCCn2c(CCNC(=O)/C=C/c3ccccc3)nc3ccccc32)c(OC)c1. The van der Waals surface area contributed by atoms with Gasteiger partial charge in [-0.1, -0.05) is 54.6 Å². The van der Waals surface area contributed by atoms with Gasteiger partial charge in [-0.3, -0.25) is 4.79 Å². The van der Waals surface area contributed by atoms with Crippen LogP contribution in [-0.4, -0.2) is 35.7 Å². The summed E-state index contributed by atoms with van der Waals surface area (Å²) in [6.07, 6.45) is 7.47. The van der Waals surface area contributed by atoms with E-state index in [0.29, 0.717) is 19.6 Å². The van der Waals surface area contributed by atoms with Crippen LogP contribution in [-0.2, 0) is 24.2 Å². The van der Waals surface area contributed by atoms with Crippen LogP contribution in [0.2, 0.25) is 0 Å². The molecule has 1 aromatic heterocycles. The van der Waals surface area contributed by atoms with Crippen molar-refractivity contribution >= 4 is 23.0 Å². The summed E-state index contributed by atoms with van der Waals surface area (Å²) in [6, 6.07) is 23.8. The topological polar surface area (TPSA) is 65.4 Å². The fraction of sp³-hybridized carbons (Fsp3) is 0.226. The van der Waals surface area contributed by atoms with Gasteiger partial charge in [0, 0.05) is 25.6 Å². The fourth-order valence-electron chi connectivity index (χ4n) is 4.19. The molecule has 0 bridgehead atoms. The second kappa shape index (κ2) is 13.1. The number of carbonyl (C=O) groups is 1. The molecule has 4 aromatic rings. The Balaban J connectivity index is 1.34. The summed E-state index contributed by atoms with van der Waals surface area (Å²) in [5.41, 5.74) is 4.16. The lowest BCUT2D eigenvalue weighted by atomic mass is 10.1. The van der Waals surface area contributed by atoms with Crippen LogP contribution in [0.15, 0.2) is 91.5 Å². The fourth-order valence-corrected chi connectivity index (χ4v) is 4.19. The summed E-state index contributed by atoms with van der Waals surface area (Å²) >= 11 is 0. The minimum atomic E-state index is -0.118. The van der Waals surface area contributed by atoms with Crippen LogP contribution in [0.5, 0.6) is 11.5 Å². The van der Waals surface area contributed by atoms with Gasteiger partial charge < -0.3 is 19.4 Å². The Bertz CT molecular complexity index is 1360. The van der Waals surface area contributed by atoms with Gasteiger partial charge in [-0.25, -0.2) is 4.98 Å². The minimum absolute atomic E-state index is 0.118. The summed E-state index contributed by atoms with van der Waals surface area (Å²) in [5.74, 6) is 2.29. The monoisotopic (exact) mass is 495 g/mol. The van der Waals surface area contributed by atoms with Crippen molar-refractivity contribution < 1.29 is 14.3 Å². The Kier molecular flexibility index (Phi) is 9.13. The number of para-hydroxylation sites is 2. The molecule has 0 atom stereocenters. The number of hydrogen-bond donors (Lipinski definition) is 1. The number of hydrogen-bond acceptors (Lipinski definition) is 4. The maximum Gasteiger partial charge on any atom is 0.244 e. The Morgan fingerprint density at radius 1 is 1.05 bits per heavy atom. The number of rotatable bonds is 13. The zero-order chi connectivity index (χ0) is 25.9. The lowest BCUT2D eigenvalue weighted by Crippen LogP contribution is -2.24. The molecule has 1 amide bonds. The molecule has 1 heterocycles. The number of nitrogens with zero attached hydrogens (tertiary/aromatic N) is 2. The molecule has 0 saturated carbocycles. The average molecular weight is 496 g/mol. The van der Waals surface area contributed by atoms with Crippen molar-refractivity contribution in [2.24, 2.45) is 0 Å². The van der Waals surface area contributed by atoms with Crippen LogP contribution in [0.4, 0.5) is 0 Å². The number of benzene rings is 3. The first-order valence-corrected chi connectivity index (χ1v) is 12.5. The molecule has 0 aliphatic rings. The number of nitrogens with one attached hydrogen (secondary N) is 1. The van der Waals surface area contributed by atoms with Crippen LogP contribution >= 0.6 is 0 Å². The van der Waals surface area contributed by atoms with Gasteiger partial charge in [-0.15, -0.1) is 6.58 Å². The summed E-state index contributed by atoms with van der Waals surface area (Å²) in [6.45, 7) is 5.60. The molecule has 3 aromatic carbocycles. The van der Waals surface area contributed by atoms with Crippen molar-refractivity contribution in [2.45, 2.75) is 25.8 Å². The standard InChI is InChI=1S/C31H33N3O3/c1-3-10-25-15-17-28(29(23-25)36-2)37-22-9-21-34-27-14-8-7-13-26(27)33-30(34)19-20-32-31(35)18-16-24-11-5-4-6-12-24/h3-8,11-18,23H,1,9-10,19-22H2,2H3,(H,32,35)/b18-16+. The van der Waals surface area contributed by atoms with Gasteiger partial charge in [0.15, 0.2) is 11.5 Å². The second-order valence-electron chi connectivity index (χ2n) is 8.63. The number of aromatic nitrogens is 2. The van der Waals surface area contributed by atoms with Crippen molar-refractivity contribution in [1.82, 2.24) is 14.9 Å². The first kappa shape index (κ1) is 25.8. The van der Waals surface area contributed by atoms with Crippen LogP contribution in [0.1, 0.15) is 23.4 Å². The van der Waals surface area contributed by atoms with Gasteiger partial charge in [0.25, 0.3) is 0 Å². The summed E-state index contributed by atoms with van der Waals surface area (Å²) in [7, 11) is 1.65. The van der Waals surface area contributed by atoms with Crippen molar-refractivity contribution in [3.8, 4) is 11.5 Å². The third-order valence-corrected chi connectivity index (χ3v) is 6.00. The number of imidazole rings is 1. The molecule has 0 aliphatic heterocycles. The summed E-state index contributed by atoms with van der Waals surface area (Å²) in [4.78, 5) is 17.1. The van der Waals surface area contributed by atoms with Gasteiger partial charge in [-0.05, 0) is 54.3 Å². The number of carbonyl (C=O) groups excluding carboxylic acids is 1. The van der Waals surface area contributed by atoms with Gasteiger partial charge in [0.2, 0.25) is 5.91 Å². The highest BCUT2D eigenvalue weighted by molar-refractivity contribution is 5.91. The van der Waals surface area contributed by atoms with Crippen LogP contribution in [0, 0.1) is 0 Å². The van der Waals surface area contributed by atoms with Crippen LogP contribution in [0.25, 0.3) is 17.1 Å². The van der Waals surface area contributed by atoms with Gasteiger partial charge in [0.05, 0.1) is 24.8 Å². The van der Waals surface area contributed by atoms with E-state index >= 15 is 0 Å². The van der Waals surface area contributed by atoms with E-state index in [1.807, 2.05) is 78.9 Å². The predicted octanol–water partition coefficient (Wildman–Crippen LogP) is 5.61. The van der Waals surface area contributed by atoms with Crippen LogP contribution in [0.3, 0.4) is 0 Å². The van der Waals surface area contributed by atoms with E-state index in [1.165, 1.54) is 0 Å². The Morgan fingerprint density at radius 3 is 2.68 bits per heavy atom. The number of aryl methyl sites for hydroxylation is 1. The first-order chi connectivity index (χ1) is 18.2. The van der Waals surface area contributed by atoms with E-state index in [9.17, 15) is 4.79 Å². The molecule has 0 saturated heterocycles. The second-order valence-corrected chi connectivity index (χ2v) is 8.63. The third-order valence-electron chi connectivity index (χ3n) is 6.00. The Hall–Kier alpha value is -4.32. The zero-order valence-electron chi connectivity index (χ0n) is 21.2. The molecule has 0 unspecified atom stereocenters. The summed E-state index contributed by atoms with van der Waals surface area (Å²) < 4.78 is 13.8. The quantitative estimate of drug-likeness (QED) is 0.149. The maximum atomic E-state index is 12.3. The largest absolute Gasteiger partial charge is 0.493 e. The third kappa shape index (κ3) is 7.10. The molecule has 0 radical (unpaired) electrons. The minimum Gasteiger partial charge on any atom is -0.493 e. The summed E-state index contributed by atoms with van der Waals surface area (Å²) in [5, 5.41) is 2.96. The zero-order valence-corrected chi connectivity index (χ0v) is 21.2. The normalized spacial score (nSPS) is 11.1. The molecule has 0 fully saturated rings. The van der Waals surface area contributed by atoms with Gasteiger partial charge in [-0.2, -0.15) is 0 Å². The number of amides is 1. The molecule has 6 nitrogen and oxygen atoms in total. The average Bonchev–Trinajstić information content (AvgIpc) is 3.28. The van der Waals surface area contributed by atoms with Gasteiger partial charge in [0.1, 0.15) is 5.82 Å². The number of allylic oxidation sites excluding steroid dienone is 1. The molecule has 6 heteroatoms. The molecule has 190 valence electrons. The van der Waals surface area contributed by atoms with Crippen LogP contribution < -0.4 is 14.8 Å². The van der Waals surface area contributed by atoms with Crippen molar-refractivity contribution in [1.29, 1.82) is 0 Å². The van der Waals surface area contributed by atoms with E-state index in [-0.39, 0.29) is 5.91 Å². The number of fused-ring (bicyclic) bond motifs is 1. The molecule has 4 rings (SSSR count). The highest BCUT2D eigenvalue weighted by Gasteiger charge is 2.11. The maximum absolute atomic E-state index is 12.3. The molecule has 1 N–H and O–H groups in total. The molecular formula is C31H33N3O3. The molecule has 0 spiro atoms. The van der Waals surface area contributed by atoms with E-state index in [0.717, 1.165) is 58.9 Å². The number of methoxy groups -OCH3 is 1. The number of ether oxygens (including phenoxy) is 2. The van der Waals surface area contributed by atoms with Crippen molar-refractivity contribution in [3.63, 3.8) is 0 Å². The molecule has 0 aliphatic carbocycles. The smallest absolute Gasteiger partial charge is 0.244 e. The Labute approximate surface area is 218 Å². The van der Waals surface area contributed by atoms with Gasteiger partial charge >= 0.3 is 0 Å². The lowest BCUT2D eigenvalue weighted by molar-refractivity contribution is -0.116. The van der Waals surface area contributed by atoms with E-state index < -0.39 is 0 Å². The van der Waals surface area contributed by atoms with E-state index in [2.05, 4.69) is 22.5 Å². The highest BCUT2D eigenvalue weighted by Crippen LogP contribution is 2.28. The first-order valence-electron chi connectivity index (χ1n) is 12.5. The predicted molar refractivity (Wildman–Crippen MR) is 149 cm³/mol. The van der Waals surface area contributed by atoms with Crippen molar-refractivity contribution in [2.75, 3.05) is 20.3 Å².